The summed E-state index contributed by atoms with van der Waals surface area (Å²) in [5.41, 5.74) is 0.807. The van der Waals surface area contributed by atoms with Gasteiger partial charge >= 0.3 is 0 Å². The van der Waals surface area contributed by atoms with E-state index in [1.807, 2.05) is 13.8 Å². The molecule has 0 saturated heterocycles. The number of methoxy groups -OCH3 is 1. The van der Waals surface area contributed by atoms with Crippen LogP contribution in [0.5, 0.6) is 5.75 Å². The number of nitrogens with one attached hydrogen (secondary N) is 2. The number of ether oxygens (including phenoxy) is 1. The third-order valence-electron chi connectivity index (χ3n) is 4.03. The summed E-state index contributed by atoms with van der Waals surface area (Å²) in [4.78, 5) is 24.9. The Morgan fingerprint density at radius 2 is 1.76 bits per heavy atom. The highest BCUT2D eigenvalue weighted by Gasteiger charge is 2.24. The minimum atomic E-state index is -4.05. The molecule has 8 nitrogen and oxygen atoms in total. The molecular formula is C20H25N3O5S. The number of anilines is 1. The van der Waals surface area contributed by atoms with Crippen LogP contribution in [0.1, 0.15) is 31.9 Å². The van der Waals surface area contributed by atoms with Crippen molar-refractivity contribution in [2.75, 3.05) is 12.4 Å². The van der Waals surface area contributed by atoms with Gasteiger partial charge in [0.2, 0.25) is 15.9 Å². The van der Waals surface area contributed by atoms with Crippen molar-refractivity contribution in [2.45, 2.75) is 31.2 Å². The second-order valence-electron chi connectivity index (χ2n) is 6.91. The highest BCUT2D eigenvalue weighted by Crippen LogP contribution is 2.27. The highest BCUT2D eigenvalue weighted by molar-refractivity contribution is 7.89. The summed E-state index contributed by atoms with van der Waals surface area (Å²) in [6.45, 7) is 3.81. The second-order valence-corrected chi connectivity index (χ2v) is 8.44. The molecule has 0 fully saturated rings. The van der Waals surface area contributed by atoms with Crippen molar-refractivity contribution in [3.63, 3.8) is 0 Å². The van der Waals surface area contributed by atoms with Crippen LogP contribution >= 0.6 is 0 Å². The Labute approximate surface area is 170 Å². The number of carbonyl (C=O) groups excluding carboxylic acids is 2. The lowest BCUT2D eigenvalue weighted by molar-refractivity contribution is -0.127. The van der Waals surface area contributed by atoms with E-state index < -0.39 is 22.0 Å². The molecule has 2 amide bonds. The Bertz CT molecular complexity index is 975. The van der Waals surface area contributed by atoms with Crippen molar-refractivity contribution >= 4 is 27.5 Å². The molecule has 1 atom stereocenters. The Morgan fingerprint density at radius 3 is 2.31 bits per heavy atom. The monoisotopic (exact) mass is 419 g/mol. The number of carbonyl (C=O) groups is 2. The fraction of sp³-hybridized carbons (Fsp3) is 0.300. The molecule has 9 heteroatoms. The van der Waals surface area contributed by atoms with E-state index in [2.05, 4.69) is 10.6 Å². The van der Waals surface area contributed by atoms with Gasteiger partial charge in [0.25, 0.3) is 5.91 Å². The zero-order valence-electron chi connectivity index (χ0n) is 16.5. The molecule has 29 heavy (non-hydrogen) atoms. The smallest absolute Gasteiger partial charge is 0.251 e. The molecule has 1 unspecified atom stereocenters. The van der Waals surface area contributed by atoms with Crippen LogP contribution in [0, 0.1) is 5.92 Å². The van der Waals surface area contributed by atoms with Gasteiger partial charge in [-0.2, -0.15) is 0 Å². The lowest BCUT2D eigenvalue weighted by Gasteiger charge is -2.20. The van der Waals surface area contributed by atoms with Crippen LogP contribution in [0.25, 0.3) is 0 Å². The molecule has 156 valence electrons. The van der Waals surface area contributed by atoms with Crippen LogP contribution in [0.4, 0.5) is 5.69 Å². The van der Waals surface area contributed by atoms with Gasteiger partial charge in [0.15, 0.2) is 0 Å². The lowest BCUT2D eigenvalue weighted by atomic mass is 10.0. The van der Waals surface area contributed by atoms with Gasteiger partial charge in [0.1, 0.15) is 16.7 Å². The summed E-state index contributed by atoms with van der Waals surface area (Å²) < 4.78 is 28.6. The molecule has 4 N–H and O–H groups in total. The molecule has 0 aliphatic carbocycles. The quantitative estimate of drug-likeness (QED) is 0.604. The molecule has 0 heterocycles. The minimum Gasteiger partial charge on any atom is -0.495 e. The van der Waals surface area contributed by atoms with Gasteiger partial charge in [-0.25, -0.2) is 13.6 Å². The van der Waals surface area contributed by atoms with Crippen LogP contribution in [-0.4, -0.2) is 27.3 Å². The molecule has 2 rings (SSSR count). The van der Waals surface area contributed by atoms with Crippen LogP contribution in [0.15, 0.2) is 53.4 Å². The van der Waals surface area contributed by atoms with Crippen molar-refractivity contribution in [3.05, 3.63) is 54.1 Å². The number of primary sulfonamides is 1. The maximum Gasteiger partial charge on any atom is 0.251 e. The molecule has 2 aromatic rings. The molecule has 0 bridgehead atoms. The van der Waals surface area contributed by atoms with Crippen LogP contribution < -0.4 is 20.5 Å². The third-order valence-corrected chi connectivity index (χ3v) is 4.96. The molecule has 0 saturated carbocycles. The SMILES string of the molecule is COc1ccc(NC(=O)C(NC(=O)CC(C)C)c2ccccc2)cc1S(N)(=O)=O. The normalized spacial score (nSPS) is 12.3. The first kappa shape index (κ1) is 22.4. The molecule has 0 aromatic heterocycles. The van der Waals surface area contributed by atoms with Crippen LogP contribution in [0.3, 0.4) is 0 Å². The summed E-state index contributed by atoms with van der Waals surface area (Å²) >= 11 is 0. The predicted octanol–water partition coefficient (Wildman–Crippen LogP) is 2.18. The van der Waals surface area contributed by atoms with Gasteiger partial charge in [0, 0.05) is 12.1 Å². The summed E-state index contributed by atoms with van der Waals surface area (Å²) in [6, 6.07) is 11.9. The molecular weight excluding hydrogens is 394 g/mol. The summed E-state index contributed by atoms with van der Waals surface area (Å²) in [7, 11) is -2.74. The first-order valence-electron chi connectivity index (χ1n) is 8.98. The predicted molar refractivity (Wildman–Crippen MR) is 110 cm³/mol. The van der Waals surface area contributed by atoms with Gasteiger partial charge in [-0.05, 0) is 29.7 Å². The first-order valence-corrected chi connectivity index (χ1v) is 10.5. The average Bonchev–Trinajstić information content (AvgIpc) is 2.65. The van der Waals surface area contributed by atoms with E-state index in [-0.39, 0.29) is 34.6 Å². The van der Waals surface area contributed by atoms with Gasteiger partial charge in [-0.1, -0.05) is 44.2 Å². The molecule has 0 radical (unpaired) electrons. The van der Waals surface area contributed by atoms with Crippen molar-refractivity contribution < 1.29 is 22.7 Å². The summed E-state index contributed by atoms with van der Waals surface area (Å²) in [5.74, 6) is -0.577. The van der Waals surface area contributed by atoms with Crippen LogP contribution in [-0.2, 0) is 19.6 Å². The first-order chi connectivity index (χ1) is 13.6. The average molecular weight is 420 g/mol. The van der Waals surface area contributed by atoms with Crippen LogP contribution in [0.2, 0.25) is 0 Å². The number of amides is 2. The fourth-order valence-electron chi connectivity index (χ4n) is 2.73. The third kappa shape index (κ3) is 6.30. The number of nitrogens with two attached hydrogens (primary N) is 1. The Balaban J connectivity index is 2.31. The van der Waals surface area contributed by atoms with E-state index in [0.717, 1.165) is 0 Å². The molecule has 0 spiro atoms. The maximum atomic E-state index is 12.9. The Kier molecular flexibility index (Phi) is 7.35. The maximum absolute atomic E-state index is 12.9. The summed E-state index contributed by atoms with van der Waals surface area (Å²) in [5, 5.41) is 10.6. The number of rotatable bonds is 8. The molecule has 0 aliphatic heterocycles. The largest absolute Gasteiger partial charge is 0.495 e. The fourth-order valence-corrected chi connectivity index (χ4v) is 3.45. The number of hydrogen-bond donors (Lipinski definition) is 3. The van der Waals surface area contributed by atoms with Crippen molar-refractivity contribution in [1.29, 1.82) is 0 Å². The van der Waals surface area contributed by atoms with Crippen molar-refractivity contribution in [2.24, 2.45) is 11.1 Å². The zero-order valence-corrected chi connectivity index (χ0v) is 17.3. The van der Waals surface area contributed by atoms with E-state index in [9.17, 15) is 18.0 Å². The highest BCUT2D eigenvalue weighted by atomic mass is 32.2. The van der Waals surface area contributed by atoms with Gasteiger partial charge in [0.05, 0.1) is 7.11 Å². The second kappa shape index (κ2) is 9.53. The molecule has 0 aliphatic rings. The van der Waals surface area contributed by atoms with E-state index in [0.29, 0.717) is 5.56 Å². The zero-order chi connectivity index (χ0) is 21.6. The molecule has 2 aromatic carbocycles. The Hall–Kier alpha value is -2.91. The van der Waals surface area contributed by atoms with E-state index >= 15 is 0 Å². The van der Waals surface area contributed by atoms with E-state index in [1.54, 1.807) is 30.3 Å². The topological polar surface area (TPSA) is 128 Å². The lowest BCUT2D eigenvalue weighted by Crippen LogP contribution is -2.37. The van der Waals surface area contributed by atoms with E-state index in [1.165, 1.54) is 25.3 Å². The van der Waals surface area contributed by atoms with Gasteiger partial charge < -0.3 is 15.4 Å². The van der Waals surface area contributed by atoms with Gasteiger partial charge in [-0.3, -0.25) is 9.59 Å². The summed E-state index contributed by atoms with van der Waals surface area (Å²) in [6.07, 6.45) is 0.273. The number of hydrogen-bond acceptors (Lipinski definition) is 5. The van der Waals surface area contributed by atoms with E-state index in [4.69, 9.17) is 9.88 Å². The Morgan fingerprint density at radius 1 is 1.10 bits per heavy atom. The van der Waals surface area contributed by atoms with Gasteiger partial charge in [-0.15, -0.1) is 0 Å². The number of sulfonamides is 1. The van der Waals surface area contributed by atoms with Crippen molar-refractivity contribution in [3.8, 4) is 5.75 Å². The minimum absolute atomic E-state index is 0.0651. The standard InChI is InChI=1S/C20H25N3O5S/c1-13(2)11-18(24)23-19(14-7-5-4-6-8-14)20(25)22-15-9-10-16(28-3)17(12-15)29(21,26)27/h4-10,12-13,19H,11H2,1-3H3,(H,22,25)(H,23,24)(H2,21,26,27). The van der Waals surface area contributed by atoms with Crippen molar-refractivity contribution in [1.82, 2.24) is 5.32 Å². The number of benzene rings is 2.